The molecular formula is C5H5IN4O. The predicted octanol–water partition coefficient (Wildman–Crippen LogP) is 0.601. The molecule has 0 aliphatic carbocycles. The van der Waals surface area contributed by atoms with Gasteiger partial charge in [0.1, 0.15) is 0 Å². The van der Waals surface area contributed by atoms with Crippen LogP contribution in [0.15, 0.2) is 23.5 Å². The van der Waals surface area contributed by atoms with E-state index in [2.05, 4.69) is 10.1 Å². The molecule has 0 fully saturated rings. The van der Waals surface area contributed by atoms with E-state index < -0.39 is 0 Å². The van der Waals surface area contributed by atoms with E-state index in [0.717, 1.165) is 0 Å². The van der Waals surface area contributed by atoms with E-state index in [9.17, 15) is 4.79 Å². The van der Waals surface area contributed by atoms with Crippen LogP contribution in [-0.4, -0.2) is 19.7 Å². The van der Waals surface area contributed by atoms with Gasteiger partial charge in [-0.1, -0.05) is 0 Å². The number of hydrogen-bond acceptors (Lipinski definition) is 2. The average molecular weight is 264 g/mol. The van der Waals surface area contributed by atoms with Crippen LogP contribution in [0.2, 0.25) is 0 Å². The summed E-state index contributed by atoms with van der Waals surface area (Å²) in [5.41, 5.74) is 5.37. The molecule has 1 aromatic heterocycles. The van der Waals surface area contributed by atoms with Crippen LogP contribution in [-0.2, 0) is 0 Å². The molecule has 0 radical (unpaired) electrons. The van der Waals surface area contributed by atoms with Gasteiger partial charge in [-0.05, 0) is 6.07 Å². The van der Waals surface area contributed by atoms with Crippen molar-refractivity contribution in [3.8, 4) is 0 Å². The summed E-state index contributed by atoms with van der Waals surface area (Å²) in [7, 11) is 0. The lowest BCUT2D eigenvalue weighted by molar-refractivity contribution is 0.269. The molecular weight excluding hydrogens is 259 g/mol. The molecule has 0 unspecified atom stereocenters. The first-order chi connectivity index (χ1) is 5.20. The molecule has 1 rings (SSSR count). The first-order valence-electron chi connectivity index (χ1n) is 2.74. The molecule has 1 amide bonds. The molecule has 58 valence electrons. The average Bonchev–Trinajstić information content (AvgIpc) is 2.35. The second-order valence-corrected chi connectivity index (χ2v) is 2.60. The third kappa shape index (κ3) is 2.30. The Bertz CT molecular complexity index is 279. The molecule has 0 saturated carbocycles. The fourth-order valence-electron chi connectivity index (χ4n) is 0.546. The van der Waals surface area contributed by atoms with Crippen LogP contribution < -0.4 is 5.73 Å². The van der Waals surface area contributed by atoms with Crippen LogP contribution in [0.4, 0.5) is 4.79 Å². The smallest absolute Gasteiger partial charge is 0.309 e. The largest absolute Gasteiger partial charge is 0.368 e. The van der Waals surface area contributed by atoms with Gasteiger partial charge in [0.25, 0.3) is 0 Å². The Hall–Kier alpha value is -0.920. The van der Waals surface area contributed by atoms with E-state index in [1.165, 1.54) is 27.3 Å². The molecule has 0 aromatic carbocycles. The molecule has 6 heteroatoms. The lowest BCUT2D eigenvalue weighted by atomic mass is 10.7. The minimum atomic E-state index is -0.365. The van der Waals surface area contributed by atoms with E-state index in [-0.39, 0.29) is 9.87 Å². The first kappa shape index (κ1) is 8.18. The topological polar surface area (TPSA) is 73.3 Å². The summed E-state index contributed by atoms with van der Waals surface area (Å²) in [5, 5.41) is 3.77. The number of amides is 1. The van der Waals surface area contributed by atoms with E-state index in [0.29, 0.717) is 0 Å². The van der Waals surface area contributed by atoms with E-state index >= 15 is 0 Å². The summed E-state index contributed by atoms with van der Waals surface area (Å²) in [5.74, 6) is 0.0781. The Morgan fingerprint density at radius 3 is 2.91 bits per heavy atom. The van der Waals surface area contributed by atoms with Crippen molar-refractivity contribution < 1.29 is 4.79 Å². The minimum Gasteiger partial charge on any atom is -0.368 e. The third-order valence-corrected chi connectivity index (χ3v) is 1.18. The maximum Gasteiger partial charge on any atom is 0.309 e. The molecule has 2 N–H and O–H groups in total. The van der Waals surface area contributed by atoms with Crippen molar-refractivity contribution in [2.75, 3.05) is 0 Å². The Morgan fingerprint density at radius 2 is 2.45 bits per heavy atom. The second-order valence-electron chi connectivity index (χ2n) is 1.67. The highest BCUT2D eigenvalue weighted by molar-refractivity contribution is 14.1. The number of aliphatic imine (C=N–C) groups is 1. The van der Waals surface area contributed by atoms with Gasteiger partial charge in [-0.2, -0.15) is 10.1 Å². The van der Waals surface area contributed by atoms with Gasteiger partial charge in [-0.15, -0.1) is 0 Å². The zero-order valence-electron chi connectivity index (χ0n) is 5.44. The number of hydrogen-bond donors (Lipinski definition) is 1. The number of rotatable bonds is 0. The van der Waals surface area contributed by atoms with Gasteiger partial charge in [0.05, 0.1) is 0 Å². The van der Waals surface area contributed by atoms with Gasteiger partial charge in [0.15, 0.2) is 0 Å². The second kappa shape index (κ2) is 3.46. The van der Waals surface area contributed by atoms with Crippen LogP contribution in [0.1, 0.15) is 0 Å². The summed E-state index contributed by atoms with van der Waals surface area (Å²) in [6.07, 6.45) is 3.17. The van der Waals surface area contributed by atoms with Gasteiger partial charge in [0, 0.05) is 35.0 Å². The van der Waals surface area contributed by atoms with Crippen LogP contribution in [0.3, 0.4) is 0 Å². The normalized spacial score (nSPS) is 11.5. The highest BCUT2D eigenvalue weighted by atomic mass is 127. The molecule has 5 nitrogen and oxygen atoms in total. The summed E-state index contributed by atoms with van der Waals surface area (Å²) >= 11 is 1.54. The summed E-state index contributed by atoms with van der Waals surface area (Å²) in [4.78, 5) is 13.9. The van der Waals surface area contributed by atoms with Crippen LogP contribution in [0.5, 0.6) is 0 Å². The number of nitrogens with two attached hydrogens (primary N) is 1. The fourth-order valence-corrected chi connectivity index (χ4v) is 0.793. The summed E-state index contributed by atoms with van der Waals surface area (Å²) < 4.78 is 0.951. The van der Waals surface area contributed by atoms with Crippen LogP contribution in [0, 0.1) is 0 Å². The fraction of sp³-hybridized carbons (Fsp3) is 0. The molecule has 0 bridgehead atoms. The molecule has 1 aromatic rings. The Kier molecular flexibility index (Phi) is 2.58. The first-order valence-corrected chi connectivity index (χ1v) is 3.81. The summed E-state index contributed by atoms with van der Waals surface area (Å²) in [6, 6.07) is 1.69. The maximum atomic E-state index is 10.4. The van der Waals surface area contributed by atoms with Gasteiger partial charge in [-0.3, -0.25) is 4.79 Å². The Balaban J connectivity index is 2.86. The zero-order valence-corrected chi connectivity index (χ0v) is 7.59. The van der Waals surface area contributed by atoms with Crippen molar-refractivity contribution in [2.24, 2.45) is 10.7 Å². The monoisotopic (exact) mass is 264 g/mol. The number of aromatic nitrogens is 2. The van der Waals surface area contributed by atoms with Crippen molar-refractivity contribution in [3.63, 3.8) is 0 Å². The Morgan fingerprint density at radius 1 is 1.73 bits per heavy atom. The molecule has 0 atom stereocenters. The molecule has 11 heavy (non-hydrogen) atoms. The van der Waals surface area contributed by atoms with Crippen molar-refractivity contribution in [2.45, 2.75) is 0 Å². The maximum absolute atomic E-state index is 10.4. The van der Waals surface area contributed by atoms with E-state index in [1.807, 2.05) is 0 Å². The van der Waals surface area contributed by atoms with Gasteiger partial charge in [0.2, 0.25) is 5.96 Å². The zero-order chi connectivity index (χ0) is 8.27. The SMILES string of the molecule is NC(=NC(=O)I)n1cccn1. The molecule has 1 heterocycles. The third-order valence-electron chi connectivity index (χ3n) is 0.942. The van der Waals surface area contributed by atoms with Gasteiger partial charge >= 0.3 is 3.91 Å². The molecule has 0 aliphatic heterocycles. The predicted molar refractivity (Wildman–Crippen MR) is 48.7 cm³/mol. The van der Waals surface area contributed by atoms with Gasteiger partial charge < -0.3 is 5.73 Å². The standard InChI is InChI=1S/C5H5IN4O/c6-4(11)9-5(7)10-3-1-2-8-10/h1-3H,(H2,7,9,11). The van der Waals surface area contributed by atoms with Crippen molar-refractivity contribution in [1.29, 1.82) is 0 Å². The van der Waals surface area contributed by atoms with Crippen LogP contribution in [0.25, 0.3) is 0 Å². The molecule has 0 spiro atoms. The number of carbonyl (C=O) groups is 1. The quantitative estimate of drug-likeness (QED) is 0.245. The van der Waals surface area contributed by atoms with Crippen molar-refractivity contribution >= 4 is 32.5 Å². The van der Waals surface area contributed by atoms with Gasteiger partial charge in [-0.25, -0.2) is 4.68 Å². The molecule has 0 aliphatic rings. The molecule has 0 saturated heterocycles. The number of nitrogens with zero attached hydrogens (tertiary/aromatic N) is 3. The highest BCUT2D eigenvalue weighted by Crippen LogP contribution is 1.91. The lowest BCUT2D eigenvalue weighted by Gasteiger charge is -1.95. The van der Waals surface area contributed by atoms with Crippen molar-refractivity contribution in [1.82, 2.24) is 9.78 Å². The lowest BCUT2D eigenvalue weighted by Crippen LogP contribution is -2.23. The van der Waals surface area contributed by atoms with Crippen molar-refractivity contribution in [3.05, 3.63) is 18.5 Å². The number of carbonyl (C=O) groups excluding carboxylic acids is 1. The minimum absolute atomic E-state index is 0.0781. The van der Waals surface area contributed by atoms with E-state index in [4.69, 9.17) is 5.73 Å². The Labute approximate surface area is 76.4 Å². The number of halogens is 1. The van der Waals surface area contributed by atoms with Crippen LogP contribution >= 0.6 is 22.6 Å². The highest BCUT2D eigenvalue weighted by Gasteiger charge is 1.96. The summed E-state index contributed by atoms with van der Waals surface area (Å²) in [6.45, 7) is 0. The van der Waals surface area contributed by atoms with E-state index in [1.54, 1.807) is 18.5 Å².